The first kappa shape index (κ1) is 14.3. The summed E-state index contributed by atoms with van der Waals surface area (Å²) in [7, 11) is 0. The number of carbonyl (C=O) groups is 1. The van der Waals surface area contributed by atoms with Gasteiger partial charge in [-0.1, -0.05) is 12.1 Å². The maximum Gasteiger partial charge on any atom is 0.303 e. The van der Waals surface area contributed by atoms with Crippen molar-refractivity contribution in [3.05, 3.63) is 28.7 Å². The zero-order valence-electron chi connectivity index (χ0n) is 10.8. The van der Waals surface area contributed by atoms with E-state index < -0.39 is 5.97 Å². The Morgan fingerprint density at radius 3 is 3.00 bits per heavy atom. The van der Waals surface area contributed by atoms with Crippen LogP contribution in [0.1, 0.15) is 19.3 Å². The van der Waals surface area contributed by atoms with Gasteiger partial charge in [0.25, 0.3) is 0 Å². The number of aliphatic carboxylic acids is 1. The molecule has 1 aliphatic rings. The van der Waals surface area contributed by atoms with E-state index in [1.165, 1.54) is 5.69 Å². The molecule has 2 N–H and O–H groups in total. The SMILES string of the molecule is O=C(O)CCC1CN(c2ccccc2Br)CCCN1. The summed E-state index contributed by atoms with van der Waals surface area (Å²) < 4.78 is 1.09. The summed E-state index contributed by atoms with van der Waals surface area (Å²) in [6, 6.07) is 8.42. The molecule has 1 aromatic rings. The predicted molar refractivity (Wildman–Crippen MR) is 79.6 cm³/mol. The Morgan fingerprint density at radius 2 is 2.26 bits per heavy atom. The molecule has 0 saturated carbocycles. The second kappa shape index (κ2) is 6.91. The molecule has 0 amide bonds. The van der Waals surface area contributed by atoms with E-state index >= 15 is 0 Å². The predicted octanol–water partition coefficient (Wildman–Crippen LogP) is 2.48. The monoisotopic (exact) mass is 326 g/mol. The van der Waals surface area contributed by atoms with Gasteiger partial charge < -0.3 is 15.3 Å². The standard InChI is InChI=1S/C14H19BrN2O2/c15-12-4-1-2-5-13(12)17-9-3-8-16-11(10-17)6-7-14(18)19/h1-2,4-5,11,16H,3,6-10H2,(H,18,19). The molecule has 19 heavy (non-hydrogen) atoms. The Morgan fingerprint density at radius 1 is 1.47 bits per heavy atom. The molecule has 1 unspecified atom stereocenters. The molecule has 0 radical (unpaired) electrons. The van der Waals surface area contributed by atoms with Crippen molar-refractivity contribution in [1.29, 1.82) is 0 Å². The van der Waals surface area contributed by atoms with E-state index in [4.69, 9.17) is 5.11 Å². The van der Waals surface area contributed by atoms with Gasteiger partial charge in [-0.25, -0.2) is 0 Å². The van der Waals surface area contributed by atoms with Crippen molar-refractivity contribution in [3.8, 4) is 0 Å². The van der Waals surface area contributed by atoms with Gasteiger partial charge in [0.15, 0.2) is 0 Å². The van der Waals surface area contributed by atoms with Gasteiger partial charge >= 0.3 is 5.97 Å². The first-order chi connectivity index (χ1) is 9.16. The Balaban J connectivity index is 2.04. The number of carboxylic acid groups (broad SMARTS) is 1. The highest BCUT2D eigenvalue weighted by molar-refractivity contribution is 9.10. The van der Waals surface area contributed by atoms with Crippen LogP contribution in [0.15, 0.2) is 28.7 Å². The van der Waals surface area contributed by atoms with Gasteiger partial charge in [-0.15, -0.1) is 0 Å². The number of hydrogen-bond donors (Lipinski definition) is 2. The second-order valence-corrected chi connectivity index (χ2v) is 5.69. The molecular formula is C14H19BrN2O2. The molecule has 0 bridgehead atoms. The van der Waals surface area contributed by atoms with E-state index in [1.807, 2.05) is 18.2 Å². The molecule has 2 rings (SSSR count). The van der Waals surface area contributed by atoms with Crippen LogP contribution in [0, 0.1) is 0 Å². The molecule has 0 spiro atoms. The molecule has 1 fully saturated rings. The minimum atomic E-state index is -0.724. The first-order valence-corrected chi connectivity index (χ1v) is 7.41. The Hall–Kier alpha value is -1.07. The van der Waals surface area contributed by atoms with E-state index in [-0.39, 0.29) is 12.5 Å². The lowest BCUT2D eigenvalue weighted by molar-refractivity contribution is -0.137. The van der Waals surface area contributed by atoms with Crippen LogP contribution in [-0.2, 0) is 4.79 Å². The quantitative estimate of drug-likeness (QED) is 0.892. The van der Waals surface area contributed by atoms with Gasteiger partial charge in [-0.05, 0) is 47.4 Å². The number of carboxylic acids is 1. The highest BCUT2D eigenvalue weighted by atomic mass is 79.9. The molecule has 0 aromatic heterocycles. The fourth-order valence-corrected chi connectivity index (χ4v) is 2.95. The molecule has 1 heterocycles. The van der Waals surface area contributed by atoms with Gasteiger partial charge in [0, 0.05) is 30.0 Å². The molecule has 1 aromatic carbocycles. The van der Waals surface area contributed by atoms with Crippen molar-refractivity contribution in [2.45, 2.75) is 25.3 Å². The molecule has 1 aliphatic heterocycles. The van der Waals surface area contributed by atoms with Crippen LogP contribution in [0.5, 0.6) is 0 Å². The molecule has 5 heteroatoms. The second-order valence-electron chi connectivity index (χ2n) is 4.83. The van der Waals surface area contributed by atoms with Crippen LogP contribution < -0.4 is 10.2 Å². The first-order valence-electron chi connectivity index (χ1n) is 6.61. The number of anilines is 1. The Labute approximate surface area is 121 Å². The summed E-state index contributed by atoms with van der Waals surface area (Å²) in [4.78, 5) is 13.0. The van der Waals surface area contributed by atoms with Crippen LogP contribution in [0.25, 0.3) is 0 Å². The summed E-state index contributed by atoms with van der Waals surface area (Å²) in [5.41, 5.74) is 1.19. The topological polar surface area (TPSA) is 52.6 Å². The van der Waals surface area contributed by atoms with Crippen LogP contribution in [0.4, 0.5) is 5.69 Å². The van der Waals surface area contributed by atoms with Gasteiger partial charge in [-0.2, -0.15) is 0 Å². The van der Waals surface area contributed by atoms with Gasteiger partial charge in [0.05, 0.1) is 5.69 Å². The fraction of sp³-hybridized carbons (Fsp3) is 0.500. The van der Waals surface area contributed by atoms with Crippen LogP contribution in [-0.4, -0.2) is 36.8 Å². The summed E-state index contributed by atoms with van der Waals surface area (Å²) in [6.07, 6.45) is 1.97. The molecule has 1 atom stereocenters. The van der Waals surface area contributed by atoms with E-state index in [2.05, 4.69) is 32.2 Å². The van der Waals surface area contributed by atoms with Crippen molar-refractivity contribution in [3.63, 3.8) is 0 Å². The normalized spacial score (nSPS) is 20.1. The van der Waals surface area contributed by atoms with Crippen LogP contribution in [0.3, 0.4) is 0 Å². The third-order valence-corrected chi connectivity index (χ3v) is 4.05. The van der Waals surface area contributed by atoms with Crippen molar-refractivity contribution in [1.82, 2.24) is 5.32 Å². The lowest BCUT2D eigenvalue weighted by Gasteiger charge is -2.27. The molecule has 104 valence electrons. The van der Waals surface area contributed by atoms with Crippen molar-refractivity contribution >= 4 is 27.6 Å². The maximum absolute atomic E-state index is 10.7. The van der Waals surface area contributed by atoms with Crippen molar-refractivity contribution in [2.75, 3.05) is 24.5 Å². The van der Waals surface area contributed by atoms with Gasteiger partial charge in [0.2, 0.25) is 0 Å². The van der Waals surface area contributed by atoms with E-state index in [1.54, 1.807) is 0 Å². The molecule has 0 aliphatic carbocycles. The third kappa shape index (κ3) is 4.21. The number of benzene rings is 1. The molecule has 4 nitrogen and oxygen atoms in total. The van der Waals surface area contributed by atoms with Gasteiger partial charge in [0.1, 0.15) is 0 Å². The number of nitrogens with one attached hydrogen (secondary N) is 1. The number of hydrogen-bond acceptors (Lipinski definition) is 3. The molecule has 1 saturated heterocycles. The van der Waals surface area contributed by atoms with E-state index in [0.717, 1.165) is 30.5 Å². The highest BCUT2D eigenvalue weighted by Crippen LogP contribution is 2.26. The fourth-order valence-electron chi connectivity index (χ4n) is 2.42. The summed E-state index contributed by atoms with van der Waals surface area (Å²) in [5.74, 6) is -0.724. The minimum Gasteiger partial charge on any atom is -0.481 e. The zero-order chi connectivity index (χ0) is 13.7. The largest absolute Gasteiger partial charge is 0.481 e. The number of halogens is 1. The average molecular weight is 327 g/mol. The van der Waals surface area contributed by atoms with Crippen LogP contribution >= 0.6 is 15.9 Å². The number of para-hydroxylation sites is 1. The zero-order valence-corrected chi connectivity index (χ0v) is 12.4. The lowest BCUT2D eigenvalue weighted by Crippen LogP contribution is -2.38. The number of nitrogens with zero attached hydrogens (tertiary/aromatic N) is 1. The van der Waals surface area contributed by atoms with E-state index in [9.17, 15) is 4.79 Å². The Kier molecular flexibility index (Phi) is 5.22. The van der Waals surface area contributed by atoms with Crippen LogP contribution in [0.2, 0.25) is 0 Å². The lowest BCUT2D eigenvalue weighted by atomic mass is 10.1. The summed E-state index contributed by atoms with van der Waals surface area (Å²) >= 11 is 3.58. The third-order valence-electron chi connectivity index (χ3n) is 3.38. The van der Waals surface area contributed by atoms with Crippen molar-refractivity contribution in [2.24, 2.45) is 0 Å². The highest BCUT2D eigenvalue weighted by Gasteiger charge is 2.19. The summed E-state index contributed by atoms with van der Waals surface area (Å²) in [5, 5.41) is 12.2. The average Bonchev–Trinajstić information content (AvgIpc) is 2.62. The minimum absolute atomic E-state index is 0.224. The Bertz CT molecular complexity index is 439. The molecular weight excluding hydrogens is 308 g/mol. The van der Waals surface area contributed by atoms with Crippen molar-refractivity contribution < 1.29 is 9.90 Å². The summed E-state index contributed by atoms with van der Waals surface area (Å²) in [6.45, 7) is 2.81. The van der Waals surface area contributed by atoms with Gasteiger partial charge in [-0.3, -0.25) is 4.79 Å². The smallest absolute Gasteiger partial charge is 0.303 e. The maximum atomic E-state index is 10.7. The van der Waals surface area contributed by atoms with E-state index in [0.29, 0.717) is 6.42 Å². The number of rotatable bonds is 4.